The van der Waals surface area contributed by atoms with Crippen molar-refractivity contribution in [3.8, 4) is 5.75 Å². The van der Waals surface area contributed by atoms with Gasteiger partial charge in [0.25, 0.3) is 0 Å². The molecule has 0 saturated heterocycles. The molecule has 2 N–H and O–H groups in total. The molecule has 0 radical (unpaired) electrons. The highest BCUT2D eigenvalue weighted by Crippen LogP contribution is 2.36. The molecule has 0 heterocycles. The third-order valence-corrected chi connectivity index (χ3v) is 8.01. The number of amides is 2. The molecule has 3 rings (SSSR count). The maximum Gasteiger partial charge on any atom is 0.461 e. The number of nitrogens with one attached hydrogen (secondary N) is 2. The Bertz CT molecular complexity index is 1370. The number of hydrogen-bond donors (Lipinski definition) is 2. The van der Waals surface area contributed by atoms with E-state index in [0.29, 0.717) is 29.9 Å². The predicted molar refractivity (Wildman–Crippen MR) is 150 cm³/mol. The largest absolute Gasteiger partial charge is 0.461 e. The highest BCUT2D eigenvalue weighted by Gasteiger charge is 2.44. The molecule has 3 aromatic rings. The van der Waals surface area contributed by atoms with Crippen LogP contribution in [0.25, 0.3) is 0 Å². The van der Waals surface area contributed by atoms with Gasteiger partial charge in [0, 0.05) is 25.5 Å². The van der Waals surface area contributed by atoms with Gasteiger partial charge in [-0.1, -0.05) is 46.4 Å². The second-order valence-corrected chi connectivity index (χ2v) is 11.2. The molecule has 0 aliphatic carbocycles. The van der Waals surface area contributed by atoms with Gasteiger partial charge in [-0.25, -0.2) is 0 Å². The first-order chi connectivity index (χ1) is 18.3. The summed E-state index contributed by atoms with van der Waals surface area (Å²) < 4.78 is 56.9. The Morgan fingerprint density at radius 1 is 0.795 bits per heavy atom. The van der Waals surface area contributed by atoms with E-state index < -0.39 is 30.1 Å². The second kappa shape index (κ2) is 14.0. The summed E-state index contributed by atoms with van der Waals surface area (Å²) in [5.74, 6) is -2.28. The number of halogens is 8. The summed E-state index contributed by atoms with van der Waals surface area (Å²) >= 11 is 26.1. The number of benzene rings is 3. The van der Waals surface area contributed by atoms with Gasteiger partial charge >= 0.3 is 12.5 Å². The first kappa shape index (κ1) is 31.5. The third-order valence-electron chi connectivity index (χ3n) is 4.54. The number of thioether (sulfide) groups is 2. The van der Waals surface area contributed by atoms with Gasteiger partial charge in [-0.05, 0) is 54.6 Å². The van der Waals surface area contributed by atoms with Gasteiger partial charge in [0.05, 0.1) is 27.2 Å². The van der Waals surface area contributed by atoms with E-state index in [2.05, 4.69) is 15.4 Å². The van der Waals surface area contributed by atoms with Crippen LogP contribution in [0.5, 0.6) is 5.75 Å². The Morgan fingerprint density at radius 3 is 1.82 bits per heavy atom. The summed E-state index contributed by atoms with van der Waals surface area (Å²) in [6.07, 6.45) is -8.96. The molecule has 3 aromatic carbocycles. The summed E-state index contributed by atoms with van der Waals surface area (Å²) in [5.41, 5.74) is -0.298. The summed E-state index contributed by atoms with van der Waals surface area (Å²) in [5, 5.41) is 6.39. The fourth-order valence-electron chi connectivity index (χ4n) is 2.83. The fraction of sp³-hybridized carbons (Fsp3) is 0.167. The van der Waals surface area contributed by atoms with Gasteiger partial charge in [0.15, 0.2) is 0 Å². The van der Waals surface area contributed by atoms with Crippen LogP contribution in [0.1, 0.15) is 0 Å². The standard InChI is InChI=1S/C24H16Cl4F4N2O3S2/c25-12-1-4-15(27)19(7-12)38-10-21(35)33-14-3-6-18(37-24(31,32)23(29)30)17(9-14)34-22(36)11-39-20-8-13(26)2-5-16(20)28/h1-9,23H,10-11H2,(H,33,35)(H,34,36). The zero-order valence-electron chi connectivity index (χ0n) is 19.3. The van der Waals surface area contributed by atoms with Crippen LogP contribution in [-0.4, -0.2) is 35.9 Å². The van der Waals surface area contributed by atoms with Gasteiger partial charge < -0.3 is 15.4 Å². The smallest absolute Gasteiger partial charge is 0.426 e. The molecular formula is C24H16Cl4F4N2O3S2. The van der Waals surface area contributed by atoms with Crippen molar-refractivity contribution in [2.45, 2.75) is 22.3 Å². The van der Waals surface area contributed by atoms with E-state index in [4.69, 9.17) is 46.4 Å². The molecule has 0 bridgehead atoms. The summed E-state index contributed by atoms with van der Waals surface area (Å²) in [7, 11) is 0. The highest BCUT2D eigenvalue weighted by molar-refractivity contribution is 8.00. The van der Waals surface area contributed by atoms with Crippen LogP contribution in [0.15, 0.2) is 64.4 Å². The first-order valence-corrected chi connectivity index (χ1v) is 14.1. The maximum absolute atomic E-state index is 13.6. The average molecular weight is 662 g/mol. The minimum atomic E-state index is -4.83. The number of carbonyl (C=O) groups is 2. The van der Waals surface area contributed by atoms with Crippen molar-refractivity contribution >= 4 is 93.1 Å². The predicted octanol–water partition coefficient (Wildman–Crippen LogP) is 9.00. The minimum Gasteiger partial charge on any atom is -0.426 e. The Kier molecular flexibility index (Phi) is 11.3. The molecule has 0 spiro atoms. The number of anilines is 2. The van der Waals surface area contributed by atoms with Crippen LogP contribution >= 0.6 is 69.9 Å². The van der Waals surface area contributed by atoms with Crippen LogP contribution in [-0.2, 0) is 9.59 Å². The van der Waals surface area contributed by atoms with Crippen molar-refractivity contribution in [3.63, 3.8) is 0 Å². The third kappa shape index (κ3) is 9.54. The Hall–Kier alpha value is -2.02. The molecule has 0 fully saturated rings. The molecular weight excluding hydrogens is 646 g/mol. The van der Waals surface area contributed by atoms with Crippen molar-refractivity contribution < 1.29 is 31.9 Å². The molecule has 0 aromatic heterocycles. The zero-order chi connectivity index (χ0) is 28.7. The van der Waals surface area contributed by atoms with E-state index in [-0.39, 0.29) is 22.9 Å². The number of alkyl halides is 4. The van der Waals surface area contributed by atoms with Gasteiger partial charge in [-0.2, -0.15) is 17.6 Å². The van der Waals surface area contributed by atoms with E-state index in [1.165, 1.54) is 12.1 Å². The molecule has 5 nitrogen and oxygen atoms in total. The molecule has 0 aliphatic rings. The van der Waals surface area contributed by atoms with Gasteiger partial charge in [-0.15, -0.1) is 23.5 Å². The first-order valence-electron chi connectivity index (χ1n) is 10.6. The number of rotatable bonds is 11. The maximum atomic E-state index is 13.6. The molecule has 208 valence electrons. The van der Waals surface area contributed by atoms with Crippen molar-refractivity contribution in [1.82, 2.24) is 0 Å². The molecule has 0 saturated carbocycles. The van der Waals surface area contributed by atoms with Crippen molar-refractivity contribution in [2.24, 2.45) is 0 Å². The number of ether oxygens (including phenoxy) is 1. The number of carbonyl (C=O) groups excluding carboxylic acids is 2. The van der Waals surface area contributed by atoms with Gasteiger partial charge in [0.2, 0.25) is 11.8 Å². The monoisotopic (exact) mass is 660 g/mol. The lowest BCUT2D eigenvalue weighted by molar-refractivity contribution is -0.252. The van der Waals surface area contributed by atoms with Crippen LogP contribution in [0.3, 0.4) is 0 Å². The SMILES string of the molecule is O=C(CSc1cc(Cl)ccc1Cl)Nc1ccc(OC(F)(F)C(F)F)c(NC(=O)CSc2cc(Cl)ccc2Cl)c1. The Balaban J connectivity index is 1.74. The molecule has 39 heavy (non-hydrogen) atoms. The highest BCUT2D eigenvalue weighted by atomic mass is 35.5. The molecule has 0 unspecified atom stereocenters. The lowest BCUT2D eigenvalue weighted by Crippen LogP contribution is -2.33. The van der Waals surface area contributed by atoms with Crippen LogP contribution < -0.4 is 15.4 Å². The van der Waals surface area contributed by atoms with Crippen LogP contribution in [0.2, 0.25) is 20.1 Å². The second-order valence-electron chi connectivity index (χ2n) is 7.50. The molecule has 0 atom stereocenters. The van der Waals surface area contributed by atoms with Gasteiger partial charge in [0.1, 0.15) is 5.75 Å². The normalized spacial score (nSPS) is 11.4. The zero-order valence-corrected chi connectivity index (χ0v) is 23.9. The van der Waals surface area contributed by atoms with Crippen molar-refractivity contribution in [2.75, 3.05) is 22.1 Å². The average Bonchev–Trinajstić information content (AvgIpc) is 2.86. The molecule has 0 aliphatic heterocycles. The lowest BCUT2D eigenvalue weighted by atomic mass is 10.2. The van der Waals surface area contributed by atoms with Crippen molar-refractivity contribution in [3.05, 3.63) is 74.7 Å². The minimum absolute atomic E-state index is 0.0753. The number of hydrogen-bond acceptors (Lipinski definition) is 5. The van der Waals surface area contributed by atoms with E-state index in [9.17, 15) is 27.2 Å². The van der Waals surface area contributed by atoms with E-state index in [0.717, 1.165) is 41.7 Å². The van der Waals surface area contributed by atoms with Crippen LogP contribution in [0, 0.1) is 0 Å². The topological polar surface area (TPSA) is 67.4 Å². The van der Waals surface area contributed by atoms with Gasteiger partial charge in [-0.3, -0.25) is 9.59 Å². The van der Waals surface area contributed by atoms with E-state index in [1.54, 1.807) is 24.3 Å². The Labute approximate surface area is 248 Å². The van der Waals surface area contributed by atoms with E-state index >= 15 is 0 Å². The van der Waals surface area contributed by atoms with Crippen molar-refractivity contribution in [1.29, 1.82) is 0 Å². The summed E-state index contributed by atoms with van der Waals surface area (Å²) in [6.45, 7) is 0. The molecule has 15 heteroatoms. The van der Waals surface area contributed by atoms with Crippen LogP contribution in [0.4, 0.5) is 28.9 Å². The van der Waals surface area contributed by atoms with E-state index in [1.807, 2.05) is 0 Å². The quantitative estimate of drug-likeness (QED) is 0.159. The Morgan fingerprint density at radius 2 is 1.31 bits per heavy atom. The summed E-state index contributed by atoms with van der Waals surface area (Å²) in [4.78, 5) is 26.1. The molecule has 2 amide bonds. The lowest BCUT2D eigenvalue weighted by Gasteiger charge is -2.20. The fourth-order valence-corrected chi connectivity index (χ4v) is 5.42. The summed E-state index contributed by atoms with van der Waals surface area (Å²) in [6, 6.07) is 12.5.